The van der Waals surface area contributed by atoms with Crippen LogP contribution in [-0.2, 0) is 11.3 Å². The van der Waals surface area contributed by atoms with Gasteiger partial charge in [-0.05, 0) is 31.2 Å². The maximum absolute atomic E-state index is 11.5. The number of ether oxygens (including phenoxy) is 1. The third-order valence-electron chi connectivity index (χ3n) is 2.93. The molecule has 0 amide bonds. The van der Waals surface area contributed by atoms with Crippen LogP contribution in [0.1, 0.15) is 27.4 Å². The molecule has 1 heterocycles. The van der Waals surface area contributed by atoms with Gasteiger partial charge in [-0.25, -0.2) is 4.79 Å². The van der Waals surface area contributed by atoms with E-state index in [0.717, 1.165) is 4.47 Å². The molecule has 1 N–H and O–H groups in total. The molecule has 0 atom stereocenters. The second kappa shape index (κ2) is 6.46. The summed E-state index contributed by atoms with van der Waals surface area (Å²) in [5, 5.41) is 12.2. The molecule has 21 heavy (non-hydrogen) atoms. The van der Waals surface area contributed by atoms with E-state index < -0.39 is 5.97 Å². The van der Waals surface area contributed by atoms with Crippen LogP contribution in [0.3, 0.4) is 0 Å². The summed E-state index contributed by atoms with van der Waals surface area (Å²) >= 11 is 3.36. The number of hydrogen-bond donors (Lipinski definition) is 1. The highest BCUT2D eigenvalue weighted by Gasteiger charge is 2.15. The highest BCUT2D eigenvalue weighted by Crippen LogP contribution is 2.22. The predicted octanol–water partition coefficient (Wildman–Crippen LogP) is 3.62. The van der Waals surface area contributed by atoms with Crippen molar-refractivity contribution < 1.29 is 13.9 Å². The summed E-state index contributed by atoms with van der Waals surface area (Å²) < 4.78 is 11.1. The van der Waals surface area contributed by atoms with Crippen LogP contribution in [0.5, 0.6) is 0 Å². The van der Waals surface area contributed by atoms with Gasteiger partial charge in [0.15, 0.2) is 0 Å². The van der Waals surface area contributed by atoms with Gasteiger partial charge in [-0.2, -0.15) is 5.26 Å². The number of carbonyl (C=O) groups is 1. The first kappa shape index (κ1) is 15.1. The Morgan fingerprint density at radius 1 is 1.48 bits per heavy atom. The molecule has 0 spiro atoms. The van der Waals surface area contributed by atoms with Crippen LogP contribution < -0.4 is 5.32 Å². The summed E-state index contributed by atoms with van der Waals surface area (Å²) in [5.74, 6) is 0.674. The van der Waals surface area contributed by atoms with E-state index in [1.807, 2.05) is 6.07 Å². The summed E-state index contributed by atoms with van der Waals surface area (Å²) in [6.07, 6.45) is 0. The van der Waals surface area contributed by atoms with Gasteiger partial charge in [-0.1, -0.05) is 15.9 Å². The van der Waals surface area contributed by atoms with Crippen molar-refractivity contribution in [2.45, 2.75) is 13.5 Å². The number of nitrogens with zero attached hydrogens (tertiary/aromatic N) is 1. The number of rotatable bonds is 4. The van der Waals surface area contributed by atoms with E-state index >= 15 is 0 Å². The lowest BCUT2D eigenvalue weighted by atomic mass is 10.2. The van der Waals surface area contributed by atoms with Gasteiger partial charge in [0.25, 0.3) is 0 Å². The number of benzene rings is 1. The monoisotopic (exact) mass is 348 g/mol. The van der Waals surface area contributed by atoms with Gasteiger partial charge in [0, 0.05) is 4.47 Å². The predicted molar refractivity (Wildman–Crippen MR) is 81.0 cm³/mol. The van der Waals surface area contributed by atoms with Crippen molar-refractivity contribution >= 4 is 27.6 Å². The largest absolute Gasteiger partial charge is 0.465 e. The normalized spacial score (nSPS) is 10.0. The standard InChI is InChI=1S/C15H13BrN2O3/c1-9-13(15(19)20-2)6-12(21-9)8-18-14-5-11(16)4-3-10(14)7-17/h3-6,18H,8H2,1-2H3. The lowest BCUT2D eigenvalue weighted by molar-refractivity contribution is 0.0599. The third-order valence-corrected chi connectivity index (χ3v) is 3.42. The summed E-state index contributed by atoms with van der Waals surface area (Å²) in [6, 6.07) is 9.09. The van der Waals surface area contributed by atoms with E-state index in [0.29, 0.717) is 34.9 Å². The molecule has 0 radical (unpaired) electrons. The number of esters is 1. The summed E-state index contributed by atoms with van der Waals surface area (Å²) in [5.41, 5.74) is 1.64. The van der Waals surface area contributed by atoms with E-state index in [2.05, 4.69) is 32.1 Å². The SMILES string of the molecule is COC(=O)c1cc(CNc2cc(Br)ccc2C#N)oc1C. The minimum atomic E-state index is -0.428. The first-order chi connectivity index (χ1) is 10.0. The second-order valence-corrected chi connectivity index (χ2v) is 5.25. The molecule has 2 rings (SSSR count). The molecule has 0 bridgehead atoms. The molecule has 6 heteroatoms. The maximum atomic E-state index is 11.5. The Kier molecular flexibility index (Phi) is 4.66. The lowest BCUT2D eigenvalue weighted by Crippen LogP contribution is -2.02. The van der Waals surface area contributed by atoms with Crippen LogP contribution in [0.15, 0.2) is 33.2 Å². The molecule has 0 saturated carbocycles. The fourth-order valence-electron chi connectivity index (χ4n) is 1.89. The fourth-order valence-corrected chi connectivity index (χ4v) is 2.25. The first-order valence-electron chi connectivity index (χ1n) is 6.16. The van der Waals surface area contributed by atoms with Crippen molar-refractivity contribution in [3.05, 3.63) is 51.4 Å². The van der Waals surface area contributed by atoms with Gasteiger partial charge < -0.3 is 14.5 Å². The average molecular weight is 349 g/mol. The van der Waals surface area contributed by atoms with Gasteiger partial charge in [0.1, 0.15) is 23.2 Å². The molecule has 0 unspecified atom stereocenters. The number of methoxy groups -OCH3 is 1. The van der Waals surface area contributed by atoms with Crippen LogP contribution in [0.25, 0.3) is 0 Å². The second-order valence-electron chi connectivity index (χ2n) is 4.33. The van der Waals surface area contributed by atoms with Crippen molar-refractivity contribution in [3.63, 3.8) is 0 Å². The number of carbonyl (C=O) groups excluding carboxylic acids is 1. The Bertz CT molecular complexity index is 716. The summed E-state index contributed by atoms with van der Waals surface area (Å²) in [4.78, 5) is 11.5. The van der Waals surface area contributed by atoms with E-state index in [1.54, 1.807) is 25.1 Å². The zero-order chi connectivity index (χ0) is 15.4. The molecular weight excluding hydrogens is 336 g/mol. The number of nitriles is 1. The first-order valence-corrected chi connectivity index (χ1v) is 6.95. The molecule has 0 aliphatic heterocycles. The fraction of sp³-hybridized carbons (Fsp3) is 0.200. The molecule has 108 valence electrons. The van der Waals surface area contributed by atoms with Gasteiger partial charge in [0.2, 0.25) is 0 Å². The van der Waals surface area contributed by atoms with E-state index in [-0.39, 0.29) is 0 Å². The Morgan fingerprint density at radius 3 is 2.90 bits per heavy atom. The Balaban J connectivity index is 2.16. The third kappa shape index (κ3) is 3.44. The number of hydrogen-bond acceptors (Lipinski definition) is 5. The van der Waals surface area contributed by atoms with Crippen molar-refractivity contribution in [2.75, 3.05) is 12.4 Å². The maximum Gasteiger partial charge on any atom is 0.341 e. The molecular formula is C15H13BrN2O3. The molecule has 1 aromatic heterocycles. The molecule has 0 fully saturated rings. The Labute approximate surface area is 130 Å². The molecule has 5 nitrogen and oxygen atoms in total. The quantitative estimate of drug-likeness (QED) is 0.854. The molecule has 2 aromatic rings. The minimum Gasteiger partial charge on any atom is -0.465 e. The van der Waals surface area contributed by atoms with Gasteiger partial charge in [0.05, 0.1) is 24.9 Å². The number of furan rings is 1. The lowest BCUT2D eigenvalue weighted by Gasteiger charge is -2.06. The van der Waals surface area contributed by atoms with Crippen molar-refractivity contribution in [3.8, 4) is 6.07 Å². The van der Waals surface area contributed by atoms with Crippen molar-refractivity contribution in [1.29, 1.82) is 5.26 Å². The highest BCUT2D eigenvalue weighted by molar-refractivity contribution is 9.10. The molecule has 0 saturated heterocycles. The molecule has 0 aliphatic carbocycles. The van der Waals surface area contributed by atoms with Gasteiger partial charge in [-0.15, -0.1) is 0 Å². The van der Waals surface area contributed by atoms with Crippen LogP contribution in [0.4, 0.5) is 5.69 Å². The van der Waals surface area contributed by atoms with Gasteiger partial charge in [-0.3, -0.25) is 0 Å². The zero-order valence-electron chi connectivity index (χ0n) is 11.6. The highest BCUT2D eigenvalue weighted by atomic mass is 79.9. The van der Waals surface area contributed by atoms with Crippen LogP contribution in [0, 0.1) is 18.3 Å². The van der Waals surface area contributed by atoms with Gasteiger partial charge >= 0.3 is 5.97 Å². The summed E-state index contributed by atoms with van der Waals surface area (Å²) in [7, 11) is 1.33. The molecule has 1 aromatic carbocycles. The van der Waals surface area contributed by atoms with Crippen molar-refractivity contribution in [1.82, 2.24) is 0 Å². The topological polar surface area (TPSA) is 75.3 Å². The van der Waals surface area contributed by atoms with Crippen LogP contribution in [-0.4, -0.2) is 13.1 Å². The van der Waals surface area contributed by atoms with Crippen LogP contribution in [0.2, 0.25) is 0 Å². The average Bonchev–Trinajstić information content (AvgIpc) is 2.85. The minimum absolute atomic E-state index is 0.364. The van der Waals surface area contributed by atoms with E-state index in [1.165, 1.54) is 7.11 Å². The Morgan fingerprint density at radius 2 is 2.24 bits per heavy atom. The van der Waals surface area contributed by atoms with E-state index in [4.69, 9.17) is 9.68 Å². The smallest absolute Gasteiger partial charge is 0.341 e. The Hall–Kier alpha value is -2.26. The number of anilines is 1. The van der Waals surface area contributed by atoms with Crippen LogP contribution >= 0.6 is 15.9 Å². The number of halogens is 1. The zero-order valence-corrected chi connectivity index (χ0v) is 13.2. The number of aryl methyl sites for hydroxylation is 1. The van der Waals surface area contributed by atoms with E-state index in [9.17, 15) is 4.79 Å². The number of nitrogens with one attached hydrogen (secondary N) is 1. The summed E-state index contributed by atoms with van der Waals surface area (Å²) in [6.45, 7) is 2.07. The van der Waals surface area contributed by atoms with Crippen molar-refractivity contribution in [2.24, 2.45) is 0 Å². The molecule has 0 aliphatic rings.